The molecule has 1 aromatic heterocycles. The summed E-state index contributed by atoms with van der Waals surface area (Å²) < 4.78 is 10.6. The van der Waals surface area contributed by atoms with Gasteiger partial charge in [-0.3, -0.25) is 4.79 Å². The first-order chi connectivity index (χ1) is 11.2. The van der Waals surface area contributed by atoms with Gasteiger partial charge < -0.3 is 14.8 Å². The van der Waals surface area contributed by atoms with Gasteiger partial charge in [-0.1, -0.05) is 0 Å². The summed E-state index contributed by atoms with van der Waals surface area (Å²) in [5.41, 5.74) is 1.48. The fraction of sp³-hybridized carbons (Fsp3) is 0.294. The van der Waals surface area contributed by atoms with Gasteiger partial charge in [-0.25, -0.2) is 0 Å². The Bertz CT molecular complexity index is 778. The van der Waals surface area contributed by atoms with E-state index in [0.29, 0.717) is 10.6 Å². The van der Waals surface area contributed by atoms with Crippen LogP contribution >= 0.6 is 11.3 Å². The van der Waals surface area contributed by atoms with Gasteiger partial charge in [0.15, 0.2) is 0 Å². The maximum Gasteiger partial charge on any atom is 0.228 e. The maximum atomic E-state index is 12.4. The minimum Gasteiger partial charge on any atom is -0.497 e. The number of nitrogens with zero attached hydrogens (tertiary/aromatic N) is 1. The highest BCUT2D eigenvalue weighted by Crippen LogP contribution is 2.51. The molecule has 0 saturated heterocycles. The zero-order valence-electron chi connectivity index (χ0n) is 12.8. The Hall–Kier alpha value is -2.52. The molecule has 1 N–H and O–H groups in total. The average molecular weight is 328 g/mol. The molecule has 3 rings (SSSR count). The van der Waals surface area contributed by atoms with E-state index in [0.717, 1.165) is 23.5 Å². The first kappa shape index (κ1) is 15.4. The van der Waals surface area contributed by atoms with Crippen LogP contribution in [0.2, 0.25) is 0 Å². The quantitative estimate of drug-likeness (QED) is 0.913. The van der Waals surface area contributed by atoms with Crippen molar-refractivity contribution in [2.75, 3.05) is 19.5 Å². The number of benzene rings is 1. The summed E-state index contributed by atoms with van der Waals surface area (Å²) in [7, 11) is 3.23. The Morgan fingerprint density at radius 3 is 2.87 bits per heavy atom. The van der Waals surface area contributed by atoms with Gasteiger partial charge in [0.2, 0.25) is 5.91 Å². The number of rotatable bonds is 5. The van der Waals surface area contributed by atoms with Crippen LogP contribution in [0.4, 0.5) is 5.00 Å². The predicted octanol–water partition coefficient (Wildman–Crippen LogP) is 3.38. The van der Waals surface area contributed by atoms with Crippen LogP contribution in [0, 0.1) is 17.2 Å². The normalized spacial score (nSPS) is 18.8. The highest BCUT2D eigenvalue weighted by Gasteiger charge is 2.45. The SMILES string of the molecule is COc1ccc(OC)c([C@H]2C[C@H]2C(=O)Nc2sccc2C#N)c1. The Balaban J connectivity index is 1.74. The van der Waals surface area contributed by atoms with Gasteiger partial charge in [0.25, 0.3) is 0 Å². The van der Waals surface area contributed by atoms with Crippen molar-refractivity contribution in [1.82, 2.24) is 0 Å². The van der Waals surface area contributed by atoms with Crippen molar-refractivity contribution in [3.63, 3.8) is 0 Å². The second kappa shape index (κ2) is 6.31. The van der Waals surface area contributed by atoms with E-state index in [-0.39, 0.29) is 17.7 Å². The average Bonchev–Trinajstić information content (AvgIpc) is 3.27. The highest BCUT2D eigenvalue weighted by atomic mass is 32.1. The van der Waals surface area contributed by atoms with Gasteiger partial charge in [-0.05, 0) is 36.1 Å². The highest BCUT2D eigenvalue weighted by molar-refractivity contribution is 7.14. The smallest absolute Gasteiger partial charge is 0.228 e. The van der Waals surface area contributed by atoms with E-state index in [1.54, 1.807) is 25.7 Å². The second-order valence-electron chi connectivity index (χ2n) is 5.32. The third-order valence-corrected chi connectivity index (χ3v) is 4.82. The molecule has 2 aromatic rings. The number of carbonyl (C=O) groups is 1. The molecule has 23 heavy (non-hydrogen) atoms. The van der Waals surface area contributed by atoms with Crippen LogP contribution in [0.15, 0.2) is 29.6 Å². The van der Waals surface area contributed by atoms with Crippen molar-refractivity contribution in [2.24, 2.45) is 5.92 Å². The number of carbonyl (C=O) groups excluding carboxylic acids is 1. The van der Waals surface area contributed by atoms with Crippen molar-refractivity contribution in [2.45, 2.75) is 12.3 Å². The molecule has 1 fully saturated rings. The van der Waals surface area contributed by atoms with E-state index in [4.69, 9.17) is 14.7 Å². The Kier molecular flexibility index (Phi) is 4.22. The number of nitriles is 1. The summed E-state index contributed by atoms with van der Waals surface area (Å²) in [6.07, 6.45) is 0.766. The summed E-state index contributed by atoms with van der Waals surface area (Å²) in [5, 5.41) is 14.3. The molecule has 118 valence electrons. The first-order valence-corrected chi connectivity index (χ1v) is 8.06. The van der Waals surface area contributed by atoms with E-state index >= 15 is 0 Å². The molecule has 1 amide bonds. The topological polar surface area (TPSA) is 71.3 Å². The molecule has 2 atom stereocenters. The summed E-state index contributed by atoms with van der Waals surface area (Å²) in [4.78, 5) is 12.4. The van der Waals surface area contributed by atoms with Gasteiger partial charge in [-0.15, -0.1) is 11.3 Å². The lowest BCUT2D eigenvalue weighted by Crippen LogP contribution is -2.14. The van der Waals surface area contributed by atoms with Crippen molar-refractivity contribution in [3.8, 4) is 17.6 Å². The summed E-state index contributed by atoms with van der Waals surface area (Å²) in [5.74, 6) is 1.46. The molecule has 0 spiro atoms. The van der Waals surface area contributed by atoms with Crippen LogP contribution in [-0.2, 0) is 4.79 Å². The summed E-state index contributed by atoms with van der Waals surface area (Å²) in [6.45, 7) is 0. The maximum absolute atomic E-state index is 12.4. The monoisotopic (exact) mass is 328 g/mol. The molecule has 1 saturated carbocycles. The van der Waals surface area contributed by atoms with Crippen LogP contribution in [0.5, 0.6) is 11.5 Å². The number of hydrogen-bond acceptors (Lipinski definition) is 5. The number of nitrogens with one attached hydrogen (secondary N) is 1. The van der Waals surface area contributed by atoms with E-state index in [9.17, 15) is 4.79 Å². The third-order valence-electron chi connectivity index (χ3n) is 3.99. The second-order valence-corrected chi connectivity index (χ2v) is 6.24. The lowest BCUT2D eigenvalue weighted by atomic mass is 10.1. The molecule has 0 radical (unpaired) electrons. The number of ether oxygens (including phenoxy) is 2. The predicted molar refractivity (Wildman–Crippen MR) is 88.1 cm³/mol. The van der Waals surface area contributed by atoms with Gasteiger partial charge in [-0.2, -0.15) is 5.26 Å². The third kappa shape index (κ3) is 3.01. The van der Waals surface area contributed by atoms with Crippen molar-refractivity contribution in [3.05, 3.63) is 40.8 Å². The minimum atomic E-state index is -0.107. The van der Waals surface area contributed by atoms with Crippen LogP contribution in [0.3, 0.4) is 0 Å². The van der Waals surface area contributed by atoms with Crippen LogP contribution < -0.4 is 14.8 Å². The Labute approximate surface area is 138 Å². The van der Waals surface area contributed by atoms with E-state index < -0.39 is 0 Å². The number of hydrogen-bond donors (Lipinski definition) is 1. The van der Waals surface area contributed by atoms with E-state index in [1.165, 1.54) is 11.3 Å². The molecule has 1 heterocycles. The molecular formula is C17H16N2O3S. The first-order valence-electron chi connectivity index (χ1n) is 7.18. The van der Waals surface area contributed by atoms with Gasteiger partial charge >= 0.3 is 0 Å². The van der Waals surface area contributed by atoms with E-state index in [1.807, 2.05) is 18.2 Å². The van der Waals surface area contributed by atoms with Crippen molar-refractivity contribution < 1.29 is 14.3 Å². The minimum absolute atomic E-state index is 0.0566. The zero-order valence-corrected chi connectivity index (χ0v) is 13.6. The van der Waals surface area contributed by atoms with Gasteiger partial charge in [0.05, 0.1) is 19.8 Å². The number of anilines is 1. The zero-order chi connectivity index (χ0) is 16.4. The standard InChI is InChI=1S/C17H16N2O3S/c1-21-11-3-4-15(22-2)13(7-11)12-8-14(12)16(20)19-17-10(9-18)5-6-23-17/h3-7,12,14H,8H2,1-2H3,(H,19,20)/t12-,14-/m1/s1. The summed E-state index contributed by atoms with van der Waals surface area (Å²) in [6, 6.07) is 9.39. The molecule has 5 nitrogen and oxygen atoms in total. The Morgan fingerprint density at radius 2 is 2.17 bits per heavy atom. The summed E-state index contributed by atoms with van der Waals surface area (Å²) >= 11 is 1.36. The lowest BCUT2D eigenvalue weighted by molar-refractivity contribution is -0.117. The molecule has 1 aliphatic carbocycles. The van der Waals surface area contributed by atoms with Gasteiger partial charge in [0.1, 0.15) is 22.6 Å². The van der Waals surface area contributed by atoms with Crippen LogP contribution in [-0.4, -0.2) is 20.1 Å². The lowest BCUT2D eigenvalue weighted by Gasteiger charge is -2.10. The molecule has 0 bridgehead atoms. The van der Waals surface area contributed by atoms with Crippen molar-refractivity contribution >= 4 is 22.2 Å². The fourth-order valence-corrected chi connectivity index (χ4v) is 3.40. The van der Waals surface area contributed by atoms with Crippen LogP contribution in [0.25, 0.3) is 0 Å². The van der Waals surface area contributed by atoms with Crippen molar-refractivity contribution in [1.29, 1.82) is 5.26 Å². The molecule has 6 heteroatoms. The Morgan fingerprint density at radius 1 is 1.35 bits per heavy atom. The number of methoxy groups -OCH3 is 2. The molecule has 1 aliphatic rings. The fourth-order valence-electron chi connectivity index (χ4n) is 2.66. The molecule has 1 aromatic carbocycles. The van der Waals surface area contributed by atoms with E-state index in [2.05, 4.69) is 11.4 Å². The largest absolute Gasteiger partial charge is 0.497 e. The molecule has 0 unspecified atom stereocenters. The number of thiophene rings is 1. The number of amides is 1. The van der Waals surface area contributed by atoms with Gasteiger partial charge in [0, 0.05) is 17.4 Å². The molecule has 0 aliphatic heterocycles. The van der Waals surface area contributed by atoms with Crippen LogP contribution in [0.1, 0.15) is 23.5 Å². The molecular weight excluding hydrogens is 312 g/mol.